The number of anilines is 1. The monoisotopic (exact) mass is 405 g/mol. The fraction of sp³-hybridized carbons (Fsp3) is 0.600. The third kappa shape index (κ3) is 3.25. The molecular formula is C20H28ClN5O2. The lowest BCUT2D eigenvalue weighted by atomic mass is 10.1. The molecule has 3 aliphatic heterocycles. The zero-order valence-electron chi connectivity index (χ0n) is 16.5. The van der Waals surface area contributed by atoms with Gasteiger partial charge < -0.3 is 9.80 Å². The normalized spacial score (nSPS) is 28.0. The second-order valence-corrected chi connectivity index (χ2v) is 8.22. The fourth-order valence-electron chi connectivity index (χ4n) is 4.56. The van der Waals surface area contributed by atoms with Gasteiger partial charge in [-0.05, 0) is 31.0 Å². The van der Waals surface area contributed by atoms with Crippen LogP contribution in [0.1, 0.15) is 32.6 Å². The highest BCUT2D eigenvalue weighted by Gasteiger charge is 2.55. The van der Waals surface area contributed by atoms with Crippen LogP contribution in [-0.2, 0) is 4.79 Å². The molecule has 3 aliphatic rings. The van der Waals surface area contributed by atoms with Crippen molar-refractivity contribution in [1.29, 1.82) is 0 Å². The number of rotatable bonds is 5. The van der Waals surface area contributed by atoms with Crippen LogP contribution in [-0.4, -0.2) is 71.8 Å². The van der Waals surface area contributed by atoms with E-state index in [1.165, 1.54) is 4.90 Å². The number of hydrogen-bond acceptors (Lipinski definition) is 5. The number of benzene rings is 1. The van der Waals surface area contributed by atoms with Gasteiger partial charge in [0.1, 0.15) is 18.5 Å². The maximum atomic E-state index is 13.3. The molecule has 3 amide bonds. The van der Waals surface area contributed by atoms with Crippen molar-refractivity contribution in [2.45, 2.75) is 51.1 Å². The highest BCUT2D eigenvalue weighted by atomic mass is 35.5. The number of imide groups is 1. The number of unbranched alkanes of at least 4 members (excludes halogenated alkanes) is 2. The third-order valence-electron chi connectivity index (χ3n) is 5.99. The lowest BCUT2D eigenvalue weighted by Crippen LogP contribution is -2.66. The minimum absolute atomic E-state index is 0.0767. The van der Waals surface area contributed by atoms with Crippen LogP contribution in [0.25, 0.3) is 0 Å². The van der Waals surface area contributed by atoms with Crippen LogP contribution in [0.2, 0.25) is 5.02 Å². The van der Waals surface area contributed by atoms with E-state index in [0.29, 0.717) is 11.6 Å². The highest BCUT2D eigenvalue weighted by Crippen LogP contribution is 2.33. The number of halogens is 1. The number of nitrogens with zero attached hydrogens (tertiary/aromatic N) is 4. The van der Waals surface area contributed by atoms with Crippen LogP contribution < -0.4 is 10.2 Å². The molecule has 1 aromatic rings. The summed E-state index contributed by atoms with van der Waals surface area (Å²) in [6.45, 7) is 4.31. The Morgan fingerprint density at radius 3 is 2.79 bits per heavy atom. The molecule has 0 aromatic heterocycles. The van der Waals surface area contributed by atoms with Crippen LogP contribution in [0.3, 0.4) is 0 Å². The molecule has 1 N–H and O–H groups in total. The number of fused-ring (bicyclic) bond motifs is 3. The van der Waals surface area contributed by atoms with Crippen molar-refractivity contribution in [3.63, 3.8) is 0 Å². The average Bonchev–Trinajstić information content (AvgIpc) is 3.09. The Morgan fingerprint density at radius 1 is 1.21 bits per heavy atom. The zero-order valence-corrected chi connectivity index (χ0v) is 17.2. The Labute approximate surface area is 171 Å². The summed E-state index contributed by atoms with van der Waals surface area (Å²) in [4.78, 5) is 33.7. The minimum Gasteiger partial charge on any atom is -0.343 e. The summed E-state index contributed by atoms with van der Waals surface area (Å²) < 4.78 is 0. The number of hydrogen-bond donors (Lipinski definition) is 1. The molecule has 3 saturated heterocycles. The van der Waals surface area contributed by atoms with Crippen LogP contribution in [0.4, 0.5) is 10.5 Å². The smallest absolute Gasteiger partial charge is 0.327 e. The Bertz CT molecular complexity index is 760. The van der Waals surface area contributed by atoms with E-state index in [-0.39, 0.29) is 30.4 Å². The van der Waals surface area contributed by atoms with Gasteiger partial charge in [-0.1, -0.05) is 37.4 Å². The number of carbonyl (C=O) groups excluding carboxylic acids is 2. The van der Waals surface area contributed by atoms with Gasteiger partial charge in [0.25, 0.3) is 5.91 Å². The van der Waals surface area contributed by atoms with Crippen molar-refractivity contribution < 1.29 is 9.59 Å². The summed E-state index contributed by atoms with van der Waals surface area (Å²) in [6, 6.07) is 7.23. The van der Waals surface area contributed by atoms with Crippen molar-refractivity contribution in [3.8, 4) is 0 Å². The second kappa shape index (κ2) is 7.89. The van der Waals surface area contributed by atoms with Crippen LogP contribution >= 0.6 is 11.6 Å². The van der Waals surface area contributed by atoms with E-state index in [9.17, 15) is 9.59 Å². The molecule has 0 aliphatic carbocycles. The Balaban J connectivity index is 1.59. The molecule has 3 fully saturated rings. The SMILES string of the molecule is CCCCCN1C(=O)C2C(NC3N(c4cccc(Cl)c4)CCCN23)N(C)C1=O. The Morgan fingerprint density at radius 2 is 2.04 bits per heavy atom. The van der Waals surface area contributed by atoms with Gasteiger partial charge >= 0.3 is 6.03 Å². The van der Waals surface area contributed by atoms with Crippen molar-refractivity contribution in [2.75, 3.05) is 31.6 Å². The van der Waals surface area contributed by atoms with E-state index in [4.69, 9.17) is 11.6 Å². The maximum Gasteiger partial charge on any atom is 0.327 e. The molecule has 4 rings (SSSR count). The first-order valence-corrected chi connectivity index (χ1v) is 10.5. The molecule has 3 atom stereocenters. The predicted molar refractivity (Wildman–Crippen MR) is 109 cm³/mol. The number of carbonyl (C=O) groups is 2. The van der Waals surface area contributed by atoms with Gasteiger partial charge in [-0.3, -0.25) is 19.9 Å². The zero-order chi connectivity index (χ0) is 19.8. The van der Waals surface area contributed by atoms with Crippen molar-refractivity contribution >= 4 is 29.2 Å². The molecular weight excluding hydrogens is 378 g/mol. The summed E-state index contributed by atoms with van der Waals surface area (Å²) in [5.74, 6) is -0.0767. The summed E-state index contributed by atoms with van der Waals surface area (Å²) in [7, 11) is 1.79. The standard InChI is InChI=1S/C20H28ClN5O2/c1-3-4-5-10-26-18(27)16-17(23(2)20(26)28)22-19-24(11-7-12-25(16)19)15-9-6-8-14(21)13-15/h6,8-9,13,16-17,19,22H,3-5,7,10-12H2,1-2H3. The van der Waals surface area contributed by atoms with Gasteiger partial charge in [-0.15, -0.1) is 0 Å². The topological polar surface area (TPSA) is 59.1 Å². The van der Waals surface area contributed by atoms with Gasteiger partial charge in [-0.2, -0.15) is 0 Å². The average molecular weight is 406 g/mol. The summed E-state index contributed by atoms with van der Waals surface area (Å²) in [5.41, 5.74) is 1.02. The van der Waals surface area contributed by atoms with Crippen LogP contribution in [0.15, 0.2) is 24.3 Å². The molecule has 152 valence electrons. The largest absolute Gasteiger partial charge is 0.343 e. The van der Waals surface area contributed by atoms with Crippen LogP contribution in [0.5, 0.6) is 0 Å². The lowest BCUT2D eigenvalue weighted by molar-refractivity contribution is -0.138. The van der Waals surface area contributed by atoms with E-state index >= 15 is 0 Å². The first kappa shape index (κ1) is 19.5. The molecule has 7 nitrogen and oxygen atoms in total. The highest BCUT2D eigenvalue weighted by molar-refractivity contribution is 6.30. The predicted octanol–water partition coefficient (Wildman–Crippen LogP) is 2.52. The van der Waals surface area contributed by atoms with Crippen molar-refractivity contribution in [2.24, 2.45) is 0 Å². The molecule has 0 bridgehead atoms. The third-order valence-corrected chi connectivity index (χ3v) is 6.23. The number of urea groups is 1. The second-order valence-electron chi connectivity index (χ2n) is 7.79. The number of nitrogens with one attached hydrogen (secondary N) is 1. The first-order chi connectivity index (χ1) is 13.5. The number of likely N-dealkylation sites (N-methyl/N-ethyl adjacent to an activating group) is 1. The first-order valence-electron chi connectivity index (χ1n) is 10.1. The van der Waals surface area contributed by atoms with Gasteiger partial charge in [0.05, 0.1) is 0 Å². The van der Waals surface area contributed by atoms with E-state index in [0.717, 1.165) is 44.5 Å². The molecule has 3 heterocycles. The maximum absolute atomic E-state index is 13.3. The van der Waals surface area contributed by atoms with Crippen LogP contribution in [0, 0.1) is 0 Å². The molecule has 0 spiro atoms. The quantitative estimate of drug-likeness (QED) is 0.763. The van der Waals surface area contributed by atoms with Gasteiger partial charge in [0, 0.05) is 37.4 Å². The summed E-state index contributed by atoms with van der Waals surface area (Å²) >= 11 is 6.20. The summed E-state index contributed by atoms with van der Waals surface area (Å²) in [6.07, 6.45) is 3.44. The Kier molecular flexibility index (Phi) is 5.49. The Hall–Kier alpha value is -1.83. The molecule has 1 aromatic carbocycles. The molecule has 0 saturated carbocycles. The van der Waals surface area contributed by atoms with E-state index < -0.39 is 0 Å². The van der Waals surface area contributed by atoms with Crippen molar-refractivity contribution in [3.05, 3.63) is 29.3 Å². The van der Waals surface area contributed by atoms with Gasteiger partial charge in [0.2, 0.25) is 0 Å². The summed E-state index contributed by atoms with van der Waals surface area (Å²) in [5, 5.41) is 4.22. The fourth-order valence-corrected chi connectivity index (χ4v) is 4.75. The van der Waals surface area contributed by atoms with E-state index in [1.807, 2.05) is 24.3 Å². The van der Waals surface area contributed by atoms with E-state index in [2.05, 4.69) is 22.0 Å². The molecule has 3 unspecified atom stereocenters. The van der Waals surface area contributed by atoms with Gasteiger partial charge in [-0.25, -0.2) is 4.79 Å². The molecule has 0 radical (unpaired) electrons. The van der Waals surface area contributed by atoms with Gasteiger partial charge in [0.15, 0.2) is 0 Å². The minimum atomic E-state index is -0.351. The molecule has 8 heteroatoms. The van der Waals surface area contributed by atoms with Crippen molar-refractivity contribution in [1.82, 2.24) is 20.0 Å². The van der Waals surface area contributed by atoms with E-state index in [1.54, 1.807) is 11.9 Å². The molecule has 28 heavy (non-hydrogen) atoms. The number of amides is 3. The lowest BCUT2D eigenvalue weighted by Gasteiger charge is -2.44.